The number of sulfonamides is 1. The average Bonchev–Trinajstić information content (AvgIpc) is 2.70. The lowest BCUT2D eigenvalue weighted by atomic mass is 10.2. The molecule has 0 heterocycles. The van der Waals surface area contributed by atoms with Gasteiger partial charge in [-0.1, -0.05) is 30.3 Å². The molecule has 3 aromatic rings. The van der Waals surface area contributed by atoms with Crippen LogP contribution < -0.4 is 10.0 Å². The Hall–Kier alpha value is -2.84. The number of halogens is 1. The van der Waals surface area contributed by atoms with Gasteiger partial charge < -0.3 is 10.4 Å². The van der Waals surface area contributed by atoms with Crippen LogP contribution >= 0.6 is 15.9 Å². The summed E-state index contributed by atoms with van der Waals surface area (Å²) in [5.74, 6) is -0.362. The predicted octanol–water partition coefficient (Wildman–Crippen LogP) is 4.19. The number of anilines is 1. The quantitative estimate of drug-likeness (QED) is 0.498. The van der Waals surface area contributed by atoms with Crippen LogP contribution in [0.2, 0.25) is 0 Å². The molecule has 0 saturated heterocycles. The van der Waals surface area contributed by atoms with E-state index in [0.717, 1.165) is 5.56 Å². The van der Waals surface area contributed by atoms with Crippen molar-refractivity contribution in [2.45, 2.75) is 18.4 Å². The highest BCUT2D eigenvalue weighted by Gasteiger charge is 2.18. The molecular formula is C21H19BrN2O4S. The molecule has 0 radical (unpaired) electrons. The maximum atomic E-state index is 12.8. The maximum absolute atomic E-state index is 12.8. The zero-order chi connectivity index (χ0) is 21.0. The normalized spacial score (nSPS) is 11.1. The highest BCUT2D eigenvalue weighted by molar-refractivity contribution is 9.10. The van der Waals surface area contributed by atoms with E-state index in [9.17, 15) is 18.3 Å². The lowest BCUT2D eigenvalue weighted by molar-refractivity contribution is 0.0950. The van der Waals surface area contributed by atoms with Crippen molar-refractivity contribution in [3.63, 3.8) is 0 Å². The molecule has 3 aromatic carbocycles. The summed E-state index contributed by atoms with van der Waals surface area (Å²) in [7, 11) is -3.88. The standard InChI is InChI=1S/C21H19BrN2O4S/c1-14-9-10-18(22)19(11-14)24-29(27,28)17-7-4-6-15(12-17)21(26)23-13-16-5-2-3-8-20(16)25/h2-12,24-25H,13H2,1H3,(H,23,26). The van der Waals surface area contributed by atoms with Gasteiger partial charge in [-0.3, -0.25) is 9.52 Å². The van der Waals surface area contributed by atoms with Gasteiger partial charge in [0, 0.05) is 22.1 Å². The fourth-order valence-corrected chi connectivity index (χ4v) is 4.26. The molecule has 0 aliphatic rings. The van der Waals surface area contributed by atoms with Crippen molar-refractivity contribution in [2.75, 3.05) is 4.72 Å². The number of rotatable bonds is 6. The van der Waals surface area contributed by atoms with E-state index in [2.05, 4.69) is 26.0 Å². The Balaban J connectivity index is 1.78. The third-order valence-corrected chi connectivity index (χ3v) is 6.26. The topological polar surface area (TPSA) is 95.5 Å². The summed E-state index contributed by atoms with van der Waals surface area (Å²) in [4.78, 5) is 12.4. The van der Waals surface area contributed by atoms with Gasteiger partial charge in [0.15, 0.2) is 0 Å². The van der Waals surface area contributed by atoms with E-state index in [-0.39, 0.29) is 22.8 Å². The largest absolute Gasteiger partial charge is 0.508 e. The van der Waals surface area contributed by atoms with Crippen LogP contribution in [0.5, 0.6) is 5.75 Å². The molecule has 6 nitrogen and oxygen atoms in total. The number of para-hydroxylation sites is 1. The van der Waals surface area contributed by atoms with Gasteiger partial charge in [0.2, 0.25) is 0 Å². The SMILES string of the molecule is Cc1ccc(Br)c(NS(=O)(=O)c2cccc(C(=O)NCc3ccccc3O)c2)c1. The number of phenols is 1. The molecule has 0 saturated carbocycles. The van der Waals surface area contributed by atoms with Crippen LogP contribution in [0.3, 0.4) is 0 Å². The number of aromatic hydroxyl groups is 1. The molecule has 1 amide bonds. The minimum atomic E-state index is -3.88. The summed E-state index contributed by atoms with van der Waals surface area (Å²) in [5.41, 5.74) is 2.09. The van der Waals surface area contributed by atoms with Crippen molar-refractivity contribution < 1.29 is 18.3 Å². The molecule has 3 N–H and O–H groups in total. The summed E-state index contributed by atoms with van der Waals surface area (Å²) in [5, 5.41) is 12.5. The Morgan fingerprint density at radius 1 is 1.03 bits per heavy atom. The minimum Gasteiger partial charge on any atom is -0.508 e. The number of amides is 1. The molecule has 0 aliphatic carbocycles. The van der Waals surface area contributed by atoms with Crippen LogP contribution in [0.15, 0.2) is 76.1 Å². The Kier molecular flexibility index (Phi) is 6.24. The molecule has 0 aromatic heterocycles. The first-order valence-corrected chi connectivity index (χ1v) is 11.0. The van der Waals surface area contributed by atoms with Crippen molar-refractivity contribution in [1.29, 1.82) is 0 Å². The number of benzene rings is 3. The zero-order valence-electron chi connectivity index (χ0n) is 15.5. The van der Waals surface area contributed by atoms with Gasteiger partial charge in [-0.25, -0.2) is 8.42 Å². The van der Waals surface area contributed by atoms with Gasteiger partial charge in [-0.15, -0.1) is 0 Å². The fraction of sp³-hybridized carbons (Fsp3) is 0.0952. The summed E-state index contributed by atoms with van der Waals surface area (Å²) in [6.07, 6.45) is 0. The molecule has 0 bridgehead atoms. The predicted molar refractivity (Wildman–Crippen MR) is 115 cm³/mol. The van der Waals surface area contributed by atoms with Gasteiger partial charge in [0.1, 0.15) is 5.75 Å². The van der Waals surface area contributed by atoms with Gasteiger partial charge in [-0.2, -0.15) is 0 Å². The number of hydrogen-bond acceptors (Lipinski definition) is 4. The molecule has 29 heavy (non-hydrogen) atoms. The first-order chi connectivity index (χ1) is 13.8. The summed E-state index contributed by atoms with van der Waals surface area (Å²) in [6.45, 7) is 1.98. The molecular weight excluding hydrogens is 456 g/mol. The molecule has 0 atom stereocenters. The lowest BCUT2D eigenvalue weighted by Gasteiger charge is -2.12. The molecule has 3 rings (SSSR count). The zero-order valence-corrected chi connectivity index (χ0v) is 17.9. The molecule has 150 valence electrons. The van der Waals surface area contributed by atoms with Crippen LogP contribution in [0.25, 0.3) is 0 Å². The number of hydrogen-bond donors (Lipinski definition) is 3. The van der Waals surface area contributed by atoms with E-state index in [0.29, 0.717) is 15.7 Å². The molecule has 0 fully saturated rings. The number of phenolic OH excluding ortho intramolecular Hbond substituents is 1. The average molecular weight is 475 g/mol. The fourth-order valence-electron chi connectivity index (χ4n) is 2.66. The van der Waals surface area contributed by atoms with E-state index in [1.807, 2.05) is 13.0 Å². The first-order valence-electron chi connectivity index (χ1n) is 8.70. The van der Waals surface area contributed by atoms with Crippen molar-refractivity contribution in [3.8, 4) is 5.75 Å². The Bertz CT molecular complexity index is 1160. The molecule has 0 aliphatic heterocycles. The van der Waals surface area contributed by atoms with Gasteiger partial charge in [0.25, 0.3) is 15.9 Å². The summed E-state index contributed by atoms with van der Waals surface area (Å²) >= 11 is 3.33. The van der Waals surface area contributed by atoms with Crippen molar-refractivity contribution >= 4 is 37.5 Å². The summed E-state index contributed by atoms with van der Waals surface area (Å²) in [6, 6.07) is 17.8. The Morgan fingerprint density at radius 2 is 1.79 bits per heavy atom. The summed E-state index contributed by atoms with van der Waals surface area (Å²) < 4.78 is 28.7. The maximum Gasteiger partial charge on any atom is 0.261 e. The van der Waals surface area contributed by atoms with E-state index >= 15 is 0 Å². The number of carbonyl (C=O) groups is 1. The third kappa shape index (κ3) is 5.16. The van der Waals surface area contributed by atoms with Gasteiger partial charge >= 0.3 is 0 Å². The second-order valence-corrected chi connectivity index (χ2v) is 8.96. The van der Waals surface area contributed by atoms with Crippen LogP contribution in [0.1, 0.15) is 21.5 Å². The van der Waals surface area contributed by atoms with Gasteiger partial charge in [-0.05, 0) is 64.8 Å². The number of nitrogens with one attached hydrogen (secondary N) is 2. The monoisotopic (exact) mass is 474 g/mol. The number of carbonyl (C=O) groups excluding carboxylic acids is 1. The van der Waals surface area contributed by atoms with E-state index in [1.165, 1.54) is 30.3 Å². The number of aryl methyl sites for hydroxylation is 1. The van der Waals surface area contributed by atoms with Crippen LogP contribution in [-0.2, 0) is 16.6 Å². The first kappa shape index (κ1) is 20.9. The van der Waals surface area contributed by atoms with Crippen LogP contribution in [0.4, 0.5) is 5.69 Å². The van der Waals surface area contributed by atoms with E-state index in [4.69, 9.17) is 0 Å². The highest BCUT2D eigenvalue weighted by atomic mass is 79.9. The third-order valence-electron chi connectivity index (χ3n) is 4.20. The Morgan fingerprint density at radius 3 is 2.55 bits per heavy atom. The second kappa shape index (κ2) is 8.67. The lowest BCUT2D eigenvalue weighted by Crippen LogP contribution is -2.23. The Labute approximate surface area is 177 Å². The van der Waals surface area contributed by atoms with Crippen LogP contribution in [-0.4, -0.2) is 19.4 Å². The van der Waals surface area contributed by atoms with Crippen molar-refractivity contribution in [1.82, 2.24) is 5.32 Å². The van der Waals surface area contributed by atoms with E-state index in [1.54, 1.807) is 30.3 Å². The van der Waals surface area contributed by atoms with Crippen molar-refractivity contribution in [3.05, 3.63) is 87.9 Å². The molecule has 0 unspecified atom stereocenters. The minimum absolute atomic E-state index is 0.0267. The van der Waals surface area contributed by atoms with Crippen molar-refractivity contribution in [2.24, 2.45) is 0 Å². The molecule has 8 heteroatoms. The highest BCUT2D eigenvalue weighted by Crippen LogP contribution is 2.26. The molecule has 0 spiro atoms. The van der Waals surface area contributed by atoms with Gasteiger partial charge in [0.05, 0.1) is 10.6 Å². The second-order valence-electron chi connectivity index (χ2n) is 6.43. The van der Waals surface area contributed by atoms with Crippen LogP contribution in [0, 0.1) is 6.92 Å². The van der Waals surface area contributed by atoms with E-state index < -0.39 is 15.9 Å². The smallest absolute Gasteiger partial charge is 0.261 e.